The van der Waals surface area contributed by atoms with Gasteiger partial charge in [0.2, 0.25) is 0 Å². The molecule has 1 atom stereocenters. The highest BCUT2D eigenvalue weighted by Gasteiger charge is 2.04. The highest BCUT2D eigenvalue weighted by Crippen LogP contribution is 2.16. The molecule has 0 fully saturated rings. The van der Waals surface area contributed by atoms with E-state index in [0.717, 1.165) is 11.3 Å². The van der Waals surface area contributed by atoms with E-state index in [1.165, 1.54) is 0 Å². The van der Waals surface area contributed by atoms with Crippen LogP contribution in [0.4, 0.5) is 0 Å². The van der Waals surface area contributed by atoms with Crippen LogP contribution in [0.2, 0.25) is 0 Å². The quantitative estimate of drug-likeness (QED) is 0.788. The molecule has 1 aromatic heterocycles. The third-order valence-corrected chi connectivity index (χ3v) is 2.81. The highest BCUT2D eigenvalue weighted by molar-refractivity contribution is 7.79. The molecule has 0 saturated carbocycles. The van der Waals surface area contributed by atoms with Gasteiger partial charge in [0.25, 0.3) is 0 Å². The summed E-state index contributed by atoms with van der Waals surface area (Å²) in [5, 5.41) is 0. The third-order valence-electron chi connectivity index (χ3n) is 2.15. The molecule has 0 radical (unpaired) electrons. The van der Waals surface area contributed by atoms with Crippen molar-refractivity contribution in [2.45, 2.75) is 11.8 Å². The third kappa shape index (κ3) is 1.98. The van der Waals surface area contributed by atoms with Gasteiger partial charge in [-0.05, 0) is 30.7 Å². The van der Waals surface area contributed by atoms with Gasteiger partial charge in [-0.25, -0.2) is 9.19 Å². The summed E-state index contributed by atoms with van der Waals surface area (Å²) in [6.45, 7) is 1.89. The predicted octanol–water partition coefficient (Wildman–Crippen LogP) is 1.76. The molecular weight excluding hydrogens is 212 g/mol. The van der Waals surface area contributed by atoms with Gasteiger partial charge in [0.1, 0.15) is 0 Å². The fourth-order valence-electron chi connectivity index (χ4n) is 1.43. The molecule has 0 bridgehead atoms. The first-order valence-electron chi connectivity index (χ1n) is 4.38. The highest BCUT2D eigenvalue weighted by atomic mass is 32.2. The Labute approximate surface area is 89.9 Å². The van der Waals surface area contributed by atoms with Crippen LogP contribution >= 0.6 is 0 Å². The van der Waals surface area contributed by atoms with E-state index < -0.39 is 11.1 Å². The minimum atomic E-state index is -1.92. The first-order valence-corrected chi connectivity index (χ1v) is 5.49. The summed E-state index contributed by atoms with van der Waals surface area (Å²) in [5.74, 6) is 0. The lowest BCUT2D eigenvalue weighted by molar-refractivity contribution is 0.564. The second-order valence-electron chi connectivity index (χ2n) is 3.17. The van der Waals surface area contributed by atoms with Crippen molar-refractivity contribution in [2.24, 2.45) is 0 Å². The fraction of sp³-hybridized carbons (Fsp3) is 0.100. The van der Waals surface area contributed by atoms with Crippen molar-refractivity contribution < 1.29 is 8.76 Å². The van der Waals surface area contributed by atoms with E-state index in [1.807, 2.05) is 17.7 Å². The van der Waals surface area contributed by atoms with Crippen molar-refractivity contribution in [1.29, 1.82) is 0 Å². The maximum atomic E-state index is 10.8. The zero-order chi connectivity index (χ0) is 10.8. The van der Waals surface area contributed by atoms with E-state index in [4.69, 9.17) is 4.55 Å². The molecule has 0 aliphatic rings. The van der Waals surface area contributed by atoms with Crippen LogP contribution in [0.3, 0.4) is 0 Å². The van der Waals surface area contributed by atoms with Crippen LogP contribution in [0.1, 0.15) is 5.56 Å². The van der Waals surface area contributed by atoms with Crippen molar-refractivity contribution in [3.63, 3.8) is 0 Å². The molecule has 0 saturated heterocycles. The average Bonchev–Trinajstić information content (AvgIpc) is 2.70. The molecule has 4 nitrogen and oxygen atoms in total. The molecular formula is C10H10N2O2S. The summed E-state index contributed by atoms with van der Waals surface area (Å²) in [4.78, 5) is 4.36. The number of benzene rings is 1. The Hall–Kier alpha value is -1.46. The van der Waals surface area contributed by atoms with Crippen molar-refractivity contribution in [3.8, 4) is 5.69 Å². The zero-order valence-corrected chi connectivity index (χ0v) is 8.94. The van der Waals surface area contributed by atoms with Crippen LogP contribution in [-0.2, 0) is 11.1 Å². The maximum Gasteiger partial charge on any atom is 0.186 e. The van der Waals surface area contributed by atoms with Crippen LogP contribution in [-0.4, -0.2) is 18.3 Å². The molecule has 0 spiro atoms. The van der Waals surface area contributed by atoms with Gasteiger partial charge in [0.15, 0.2) is 11.1 Å². The Morgan fingerprint density at radius 2 is 2.27 bits per heavy atom. The molecule has 0 amide bonds. The Morgan fingerprint density at radius 1 is 1.47 bits per heavy atom. The van der Waals surface area contributed by atoms with Gasteiger partial charge in [0.05, 0.1) is 11.2 Å². The number of imidazole rings is 1. The molecule has 1 N–H and O–H groups in total. The monoisotopic (exact) mass is 222 g/mol. The van der Waals surface area contributed by atoms with Gasteiger partial charge in [-0.1, -0.05) is 0 Å². The second kappa shape index (κ2) is 3.96. The number of rotatable bonds is 2. The number of aromatic nitrogens is 2. The molecule has 2 rings (SSSR count). The van der Waals surface area contributed by atoms with E-state index >= 15 is 0 Å². The SMILES string of the molecule is Cc1cc(S(=O)O)ccc1-n1ccnc1. The zero-order valence-electron chi connectivity index (χ0n) is 8.12. The first kappa shape index (κ1) is 10.1. The van der Waals surface area contributed by atoms with Crippen LogP contribution in [0.15, 0.2) is 41.8 Å². The van der Waals surface area contributed by atoms with E-state index in [2.05, 4.69) is 4.98 Å². The van der Waals surface area contributed by atoms with Crippen molar-refractivity contribution in [1.82, 2.24) is 9.55 Å². The fourth-order valence-corrected chi connectivity index (χ4v) is 1.89. The lowest BCUT2D eigenvalue weighted by Crippen LogP contribution is -1.96. The van der Waals surface area contributed by atoms with E-state index in [0.29, 0.717) is 4.90 Å². The summed E-state index contributed by atoms with van der Waals surface area (Å²) in [7, 11) is 0. The molecule has 78 valence electrons. The molecule has 1 unspecified atom stereocenters. The van der Waals surface area contributed by atoms with Crippen LogP contribution in [0, 0.1) is 6.92 Å². The Kier molecular flexibility index (Phi) is 2.66. The van der Waals surface area contributed by atoms with E-state index in [9.17, 15) is 4.21 Å². The molecule has 2 aromatic rings. The van der Waals surface area contributed by atoms with Gasteiger partial charge in [-0.2, -0.15) is 0 Å². The average molecular weight is 222 g/mol. The van der Waals surface area contributed by atoms with Gasteiger partial charge in [-0.3, -0.25) is 0 Å². The first-order chi connectivity index (χ1) is 7.18. The minimum Gasteiger partial charge on any atom is -0.306 e. The lowest BCUT2D eigenvalue weighted by atomic mass is 10.2. The van der Waals surface area contributed by atoms with Crippen molar-refractivity contribution in [3.05, 3.63) is 42.5 Å². The van der Waals surface area contributed by atoms with Crippen molar-refractivity contribution in [2.75, 3.05) is 0 Å². The molecule has 5 heteroatoms. The van der Waals surface area contributed by atoms with Crippen LogP contribution in [0.5, 0.6) is 0 Å². The molecule has 0 aliphatic heterocycles. The molecule has 0 aliphatic carbocycles. The smallest absolute Gasteiger partial charge is 0.186 e. The Bertz CT molecular complexity index is 494. The standard InChI is InChI=1S/C10H10N2O2S/c1-8-6-9(15(13)14)2-3-10(8)12-5-4-11-7-12/h2-7H,1H3,(H,13,14). The van der Waals surface area contributed by atoms with Gasteiger partial charge >= 0.3 is 0 Å². The summed E-state index contributed by atoms with van der Waals surface area (Å²) in [6.07, 6.45) is 5.22. The largest absolute Gasteiger partial charge is 0.306 e. The molecule has 1 heterocycles. The topological polar surface area (TPSA) is 55.1 Å². The van der Waals surface area contributed by atoms with Gasteiger partial charge < -0.3 is 9.12 Å². The second-order valence-corrected chi connectivity index (χ2v) is 4.14. The summed E-state index contributed by atoms with van der Waals surface area (Å²) in [6, 6.07) is 5.14. The van der Waals surface area contributed by atoms with Crippen LogP contribution in [0.25, 0.3) is 5.69 Å². The minimum absolute atomic E-state index is 0.413. The van der Waals surface area contributed by atoms with Crippen LogP contribution < -0.4 is 0 Å². The lowest BCUT2D eigenvalue weighted by Gasteiger charge is -2.07. The van der Waals surface area contributed by atoms with E-state index in [-0.39, 0.29) is 0 Å². The normalized spacial score (nSPS) is 12.7. The number of aryl methyl sites for hydroxylation is 1. The Morgan fingerprint density at radius 3 is 2.80 bits per heavy atom. The summed E-state index contributed by atoms with van der Waals surface area (Å²) >= 11 is -1.92. The Balaban J connectivity index is 2.48. The van der Waals surface area contributed by atoms with E-state index in [1.54, 1.807) is 30.7 Å². The number of hydrogen-bond donors (Lipinski definition) is 1. The van der Waals surface area contributed by atoms with Gasteiger partial charge in [-0.15, -0.1) is 0 Å². The summed E-state index contributed by atoms with van der Waals surface area (Å²) < 4.78 is 21.6. The van der Waals surface area contributed by atoms with Gasteiger partial charge in [0, 0.05) is 18.1 Å². The summed E-state index contributed by atoms with van der Waals surface area (Å²) in [5.41, 5.74) is 1.90. The number of nitrogens with zero attached hydrogens (tertiary/aromatic N) is 2. The number of hydrogen-bond acceptors (Lipinski definition) is 2. The maximum absolute atomic E-state index is 10.8. The van der Waals surface area contributed by atoms with Crippen molar-refractivity contribution >= 4 is 11.1 Å². The molecule has 1 aromatic carbocycles. The predicted molar refractivity (Wildman–Crippen MR) is 57.3 cm³/mol. The molecule has 15 heavy (non-hydrogen) atoms.